The Kier molecular flexibility index (Phi) is 3.58. The molecular weight excluding hydrogens is 344 g/mol. The molecule has 0 radical (unpaired) electrons. The quantitative estimate of drug-likeness (QED) is 0.545. The van der Waals surface area contributed by atoms with Gasteiger partial charge in [0.15, 0.2) is 0 Å². The summed E-state index contributed by atoms with van der Waals surface area (Å²) in [6, 6.07) is 21.4. The van der Waals surface area contributed by atoms with Crippen LogP contribution in [0.1, 0.15) is 19.3 Å². The zero-order valence-electron chi connectivity index (χ0n) is 15.8. The van der Waals surface area contributed by atoms with Crippen molar-refractivity contribution in [2.24, 2.45) is 5.92 Å². The first kappa shape index (κ1) is 16.0. The lowest BCUT2D eigenvalue weighted by Gasteiger charge is -2.27. The summed E-state index contributed by atoms with van der Waals surface area (Å²) >= 11 is 0. The van der Waals surface area contributed by atoms with E-state index in [9.17, 15) is 0 Å². The van der Waals surface area contributed by atoms with Crippen molar-refractivity contribution in [3.8, 4) is 11.1 Å². The van der Waals surface area contributed by atoms with E-state index >= 15 is 0 Å². The first-order chi connectivity index (χ1) is 13.9. The summed E-state index contributed by atoms with van der Waals surface area (Å²) < 4.78 is 2.46. The van der Waals surface area contributed by atoms with Crippen molar-refractivity contribution in [2.75, 3.05) is 4.90 Å². The highest BCUT2D eigenvalue weighted by molar-refractivity contribution is 5.85. The van der Waals surface area contributed by atoms with E-state index in [2.05, 4.69) is 80.5 Å². The van der Waals surface area contributed by atoms with E-state index in [1.807, 2.05) is 12.4 Å². The lowest BCUT2D eigenvalue weighted by atomic mass is 9.89. The van der Waals surface area contributed by atoms with Gasteiger partial charge in [-0.05, 0) is 61.1 Å². The Morgan fingerprint density at radius 2 is 1.93 bits per heavy atom. The number of aromatic amines is 1. The van der Waals surface area contributed by atoms with Gasteiger partial charge in [0.1, 0.15) is 0 Å². The molecule has 0 spiro atoms. The van der Waals surface area contributed by atoms with E-state index in [-0.39, 0.29) is 0 Å². The Bertz CT molecular complexity index is 1100. The first-order valence-corrected chi connectivity index (χ1v) is 10.3. The summed E-state index contributed by atoms with van der Waals surface area (Å²) in [6.45, 7) is 1.11. The molecule has 4 aromatic rings. The molecule has 1 N–H and O–H groups in total. The number of hydrogen-bond acceptors (Lipinski definition) is 2. The van der Waals surface area contributed by atoms with Crippen molar-refractivity contribution >= 4 is 16.6 Å². The van der Waals surface area contributed by atoms with Crippen LogP contribution >= 0.6 is 0 Å². The lowest BCUT2D eigenvalue weighted by molar-refractivity contribution is 0.365. The average Bonchev–Trinajstić information content (AvgIpc) is 3.52. The summed E-state index contributed by atoms with van der Waals surface area (Å²) in [5.41, 5.74) is 5.09. The molecule has 4 heteroatoms. The van der Waals surface area contributed by atoms with Gasteiger partial charge in [0.2, 0.25) is 0 Å². The standard InChI is InChI=1S/C24H24N4/c1-2-4-21(5-3-1)28-22-7-9-24(28)19(13-22)16-27-11-10-18-12-17(6-8-23(18)27)20-14-25-26-15-20/h1-6,8,10-12,14-15,19,22,24H,7,9,13,16H2,(H,25,26). The smallest absolute Gasteiger partial charge is 0.0565 e. The van der Waals surface area contributed by atoms with Crippen LogP contribution in [0.3, 0.4) is 0 Å². The average molecular weight is 368 g/mol. The van der Waals surface area contributed by atoms with Crippen molar-refractivity contribution in [3.63, 3.8) is 0 Å². The van der Waals surface area contributed by atoms with Crippen LogP contribution in [0.4, 0.5) is 5.69 Å². The summed E-state index contributed by atoms with van der Waals surface area (Å²) in [5.74, 6) is 0.725. The van der Waals surface area contributed by atoms with Crippen LogP contribution in [0, 0.1) is 5.92 Å². The minimum absolute atomic E-state index is 0.676. The molecule has 140 valence electrons. The third kappa shape index (κ3) is 2.48. The van der Waals surface area contributed by atoms with Crippen LogP contribution in [-0.4, -0.2) is 26.8 Å². The van der Waals surface area contributed by atoms with E-state index < -0.39 is 0 Å². The Morgan fingerprint density at radius 1 is 1.00 bits per heavy atom. The Morgan fingerprint density at radius 3 is 2.79 bits per heavy atom. The van der Waals surface area contributed by atoms with E-state index in [0.29, 0.717) is 12.1 Å². The van der Waals surface area contributed by atoms with E-state index in [0.717, 1.165) is 18.0 Å². The third-order valence-electron chi connectivity index (χ3n) is 6.75. The molecule has 28 heavy (non-hydrogen) atoms. The predicted octanol–water partition coefficient (Wildman–Crippen LogP) is 5.09. The van der Waals surface area contributed by atoms with E-state index in [4.69, 9.17) is 0 Å². The number of benzene rings is 2. The number of para-hydroxylation sites is 1. The molecular formula is C24H24N4. The number of H-pyrrole nitrogens is 1. The molecule has 6 rings (SSSR count). The normalized spacial score (nSPS) is 23.7. The molecule has 2 bridgehead atoms. The molecule has 2 aliphatic heterocycles. The van der Waals surface area contributed by atoms with E-state index in [1.165, 1.54) is 41.4 Å². The zero-order valence-corrected chi connectivity index (χ0v) is 15.8. The highest BCUT2D eigenvalue weighted by Crippen LogP contribution is 2.45. The van der Waals surface area contributed by atoms with Gasteiger partial charge in [0, 0.05) is 53.2 Å². The Balaban J connectivity index is 1.27. The van der Waals surface area contributed by atoms with Gasteiger partial charge in [0.05, 0.1) is 6.20 Å². The van der Waals surface area contributed by atoms with Crippen molar-refractivity contribution in [1.82, 2.24) is 14.8 Å². The highest BCUT2D eigenvalue weighted by Gasteiger charge is 2.46. The highest BCUT2D eigenvalue weighted by atomic mass is 15.3. The molecule has 2 aromatic heterocycles. The monoisotopic (exact) mass is 368 g/mol. The van der Waals surface area contributed by atoms with Crippen LogP contribution < -0.4 is 4.90 Å². The second-order valence-corrected chi connectivity index (χ2v) is 8.27. The minimum atomic E-state index is 0.676. The molecule has 3 unspecified atom stereocenters. The van der Waals surface area contributed by atoms with Crippen LogP contribution in [0.25, 0.3) is 22.0 Å². The molecule has 2 aromatic carbocycles. The number of rotatable bonds is 4. The van der Waals surface area contributed by atoms with Gasteiger partial charge in [-0.15, -0.1) is 0 Å². The van der Waals surface area contributed by atoms with Gasteiger partial charge in [-0.2, -0.15) is 5.10 Å². The second kappa shape index (κ2) is 6.26. The predicted molar refractivity (Wildman–Crippen MR) is 113 cm³/mol. The van der Waals surface area contributed by atoms with E-state index in [1.54, 1.807) is 0 Å². The zero-order chi connectivity index (χ0) is 18.5. The minimum Gasteiger partial charge on any atom is -0.365 e. The van der Waals surface area contributed by atoms with Crippen molar-refractivity contribution in [2.45, 2.75) is 37.9 Å². The van der Waals surface area contributed by atoms with Gasteiger partial charge in [-0.1, -0.05) is 24.3 Å². The maximum absolute atomic E-state index is 4.07. The number of anilines is 1. The van der Waals surface area contributed by atoms with Crippen molar-refractivity contribution in [3.05, 3.63) is 73.2 Å². The third-order valence-corrected chi connectivity index (χ3v) is 6.75. The van der Waals surface area contributed by atoms with Crippen LogP contribution in [0.2, 0.25) is 0 Å². The van der Waals surface area contributed by atoms with Crippen LogP contribution in [0.5, 0.6) is 0 Å². The maximum Gasteiger partial charge on any atom is 0.0565 e. The number of nitrogens with zero attached hydrogens (tertiary/aromatic N) is 3. The summed E-state index contributed by atoms with van der Waals surface area (Å²) in [5, 5.41) is 8.28. The Hall–Kier alpha value is -3.01. The number of nitrogens with one attached hydrogen (secondary N) is 1. The fraction of sp³-hybridized carbons (Fsp3) is 0.292. The fourth-order valence-electron chi connectivity index (χ4n) is 5.51. The van der Waals surface area contributed by atoms with Gasteiger partial charge in [0.25, 0.3) is 0 Å². The summed E-state index contributed by atoms with van der Waals surface area (Å²) in [4.78, 5) is 2.70. The molecule has 3 atom stereocenters. The SMILES string of the molecule is c1ccc(N2C3CCC2C(Cn2ccc4cc(-c5cn[nH]c5)ccc42)C3)cc1. The number of hydrogen-bond donors (Lipinski definition) is 1. The van der Waals surface area contributed by atoms with Crippen molar-refractivity contribution < 1.29 is 0 Å². The maximum atomic E-state index is 4.07. The molecule has 0 saturated carbocycles. The number of fused-ring (bicyclic) bond motifs is 3. The van der Waals surface area contributed by atoms with Gasteiger partial charge in [-0.25, -0.2) is 0 Å². The summed E-state index contributed by atoms with van der Waals surface area (Å²) in [7, 11) is 0. The van der Waals surface area contributed by atoms with Crippen molar-refractivity contribution in [1.29, 1.82) is 0 Å². The van der Waals surface area contributed by atoms with Gasteiger partial charge in [-0.3, -0.25) is 5.10 Å². The van der Waals surface area contributed by atoms with Crippen LogP contribution in [-0.2, 0) is 6.54 Å². The molecule has 2 saturated heterocycles. The molecule has 4 nitrogen and oxygen atoms in total. The van der Waals surface area contributed by atoms with Crippen LogP contribution in [0.15, 0.2) is 73.2 Å². The summed E-state index contributed by atoms with van der Waals surface area (Å²) in [6.07, 6.45) is 10.1. The first-order valence-electron chi connectivity index (χ1n) is 10.3. The Labute approximate surface area is 164 Å². The fourth-order valence-corrected chi connectivity index (χ4v) is 5.51. The second-order valence-electron chi connectivity index (χ2n) is 8.27. The number of aromatic nitrogens is 3. The molecule has 0 amide bonds. The molecule has 2 aliphatic rings. The topological polar surface area (TPSA) is 36.9 Å². The lowest BCUT2D eigenvalue weighted by Crippen LogP contribution is -2.31. The molecule has 2 fully saturated rings. The molecule has 0 aliphatic carbocycles. The van der Waals surface area contributed by atoms with Gasteiger partial charge < -0.3 is 9.47 Å². The largest absolute Gasteiger partial charge is 0.365 e. The molecule has 4 heterocycles. The van der Waals surface area contributed by atoms with Gasteiger partial charge >= 0.3 is 0 Å².